The van der Waals surface area contributed by atoms with Gasteiger partial charge in [-0.05, 0) is 18.6 Å². The maximum Gasteiger partial charge on any atom is 0.311 e. The molecular formula is C14H20N2O5. The first kappa shape index (κ1) is 15.7. The fraction of sp³-hybridized carbons (Fsp3) is 0.571. The molecule has 0 spiro atoms. The van der Waals surface area contributed by atoms with E-state index in [9.17, 15) is 15.2 Å². The molecule has 1 aromatic carbocycles. The molecule has 2 unspecified atom stereocenters. The monoisotopic (exact) mass is 296 g/mol. The van der Waals surface area contributed by atoms with Gasteiger partial charge in [-0.3, -0.25) is 15.0 Å². The Morgan fingerprint density at radius 2 is 2.29 bits per heavy atom. The van der Waals surface area contributed by atoms with E-state index in [-0.39, 0.29) is 30.3 Å². The van der Waals surface area contributed by atoms with Gasteiger partial charge in [0.2, 0.25) is 0 Å². The van der Waals surface area contributed by atoms with Crippen molar-refractivity contribution in [2.24, 2.45) is 0 Å². The van der Waals surface area contributed by atoms with Gasteiger partial charge in [-0.2, -0.15) is 0 Å². The van der Waals surface area contributed by atoms with Crippen LogP contribution in [0.3, 0.4) is 0 Å². The number of rotatable bonds is 5. The number of morpholine rings is 1. The molecule has 1 aliphatic heterocycles. The van der Waals surface area contributed by atoms with Crippen LogP contribution in [0.2, 0.25) is 0 Å². The van der Waals surface area contributed by atoms with E-state index in [0.29, 0.717) is 13.1 Å². The number of hydrogen-bond donors (Lipinski definition) is 1. The number of aliphatic hydroxyl groups excluding tert-OH is 1. The molecule has 1 aliphatic rings. The van der Waals surface area contributed by atoms with Crippen LogP contribution in [0.5, 0.6) is 5.75 Å². The van der Waals surface area contributed by atoms with Crippen molar-refractivity contribution in [1.82, 2.24) is 4.90 Å². The van der Waals surface area contributed by atoms with Gasteiger partial charge in [0.05, 0.1) is 30.8 Å². The van der Waals surface area contributed by atoms with Gasteiger partial charge in [0.25, 0.3) is 0 Å². The summed E-state index contributed by atoms with van der Waals surface area (Å²) in [5.41, 5.74) is 0.809. The lowest BCUT2D eigenvalue weighted by atomic mass is 10.1. The number of nitrogens with zero attached hydrogens (tertiary/aromatic N) is 2. The highest BCUT2D eigenvalue weighted by atomic mass is 16.6. The topological polar surface area (TPSA) is 85.1 Å². The van der Waals surface area contributed by atoms with Gasteiger partial charge in [-0.1, -0.05) is 6.07 Å². The maximum atomic E-state index is 11.0. The number of hydrogen-bond acceptors (Lipinski definition) is 6. The van der Waals surface area contributed by atoms with E-state index < -0.39 is 4.92 Å². The van der Waals surface area contributed by atoms with E-state index in [1.165, 1.54) is 13.2 Å². The number of ether oxygens (including phenoxy) is 2. The zero-order valence-corrected chi connectivity index (χ0v) is 12.2. The van der Waals surface area contributed by atoms with Gasteiger partial charge in [0.15, 0.2) is 5.75 Å². The molecule has 2 atom stereocenters. The predicted molar refractivity (Wildman–Crippen MR) is 76.3 cm³/mol. The second-order valence-electron chi connectivity index (χ2n) is 5.21. The number of benzene rings is 1. The summed E-state index contributed by atoms with van der Waals surface area (Å²) in [5, 5.41) is 20.3. The Kier molecular flexibility index (Phi) is 5.11. The lowest BCUT2D eigenvalue weighted by Crippen LogP contribution is -2.47. The largest absolute Gasteiger partial charge is 0.490 e. The van der Waals surface area contributed by atoms with Crippen molar-refractivity contribution in [1.29, 1.82) is 0 Å². The molecule has 0 bridgehead atoms. The molecule has 7 heteroatoms. The van der Waals surface area contributed by atoms with Crippen LogP contribution in [-0.2, 0) is 11.3 Å². The summed E-state index contributed by atoms with van der Waals surface area (Å²) < 4.78 is 10.6. The first-order chi connectivity index (χ1) is 10.0. The van der Waals surface area contributed by atoms with Crippen molar-refractivity contribution in [3.8, 4) is 5.75 Å². The van der Waals surface area contributed by atoms with Gasteiger partial charge in [0, 0.05) is 25.7 Å². The summed E-state index contributed by atoms with van der Waals surface area (Å²) in [7, 11) is 1.41. The highest BCUT2D eigenvalue weighted by Crippen LogP contribution is 2.28. The molecule has 0 radical (unpaired) electrons. The molecule has 1 aromatic rings. The van der Waals surface area contributed by atoms with E-state index in [1.807, 2.05) is 13.0 Å². The lowest BCUT2D eigenvalue weighted by Gasteiger charge is -2.36. The Labute approximate surface area is 123 Å². The Hall–Kier alpha value is -1.70. The Morgan fingerprint density at radius 3 is 2.90 bits per heavy atom. The molecule has 1 fully saturated rings. The SMILES string of the molecule is COc1ccc(CN2CC(C)OC(CO)C2)cc1[N+](=O)[O-]. The Morgan fingerprint density at radius 1 is 1.52 bits per heavy atom. The molecule has 1 N–H and O–H groups in total. The van der Waals surface area contributed by atoms with Crippen LogP contribution >= 0.6 is 0 Å². The molecule has 21 heavy (non-hydrogen) atoms. The summed E-state index contributed by atoms with van der Waals surface area (Å²) >= 11 is 0. The normalized spacial score (nSPS) is 23.0. The first-order valence-electron chi connectivity index (χ1n) is 6.83. The highest BCUT2D eigenvalue weighted by molar-refractivity contribution is 5.48. The molecule has 7 nitrogen and oxygen atoms in total. The van der Waals surface area contributed by atoms with E-state index in [1.54, 1.807) is 6.07 Å². The number of nitro benzene ring substituents is 1. The van der Waals surface area contributed by atoms with Crippen LogP contribution in [0.4, 0.5) is 5.69 Å². The van der Waals surface area contributed by atoms with Crippen molar-refractivity contribution in [3.05, 3.63) is 33.9 Å². The Bertz CT molecular complexity index is 508. The summed E-state index contributed by atoms with van der Waals surface area (Å²) in [4.78, 5) is 12.7. The van der Waals surface area contributed by atoms with Gasteiger partial charge in [-0.15, -0.1) is 0 Å². The summed E-state index contributed by atoms with van der Waals surface area (Å²) in [6.45, 7) is 3.85. The molecule has 2 rings (SSSR count). The van der Waals surface area contributed by atoms with Gasteiger partial charge in [-0.25, -0.2) is 0 Å². The minimum Gasteiger partial charge on any atom is -0.490 e. The Balaban J connectivity index is 2.12. The van der Waals surface area contributed by atoms with E-state index in [4.69, 9.17) is 9.47 Å². The summed E-state index contributed by atoms with van der Waals surface area (Å²) in [6, 6.07) is 4.97. The van der Waals surface area contributed by atoms with Crippen molar-refractivity contribution in [2.45, 2.75) is 25.7 Å². The van der Waals surface area contributed by atoms with Crippen molar-refractivity contribution < 1.29 is 19.5 Å². The second-order valence-corrected chi connectivity index (χ2v) is 5.21. The summed E-state index contributed by atoms with van der Waals surface area (Å²) in [5.74, 6) is 0.257. The highest BCUT2D eigenvalue weighted by Gasteiger charge is 2.25. The molecule has 1 saturated heterocycles. The zero-order valence-electron chi connectivity index (χ0n) is 12.2. The average molecular weight is 296 g/mol. The van der Waals surface area contributed by atoms with Gasteiger partial charge in [0.1, 0.15) is 0 Å². The van der Waals surface area contributed by atoms with Gasteiger partial charge >= 0.3 is 5.69 Å². The summed E-state index contributed by atoms with van der Waals surface area (Å²) in [6.07, 6.45) is -0.175. The first-order valence-corrected chi connectivity index (χ1v) is 6.83. The van der Waals surface area contributed by atoms with Crippen LogP contribution in [0.15, 0.2) is 18.2 Å². The maximum absolute atomic E-state index is 11.0. The fourth-order valence-electron chi connectivity index (χ4n) is 2.61. The van der Waals surface area contributed by atoms with Crippen LogP contribution in [0, 0.1) is 10.1 Å². The molecule has 0 amide bonds. The van der Waals surface area contributed by atoms with E-state index in [2.05, 4.69) is 4.90 Å². The minimum atomic E-state index is -0.444. The second kappa shape index (κ2) is 6.84. The van der Waals surface area contributed by atoms with E-state index >= 15 is 0 Å². The third kappa shape index (κ3) is 3.90. The number of nitro groups is 1. The van der Waals surface area contributed by atoms with Crippen molar-refractivity contribution in [3.63, 3.8) is 0 Å². The van der Waals surface area contributed by atoms with Crippen LogP contribution in [-0.4, -0.2) is 53.9 Å². The molecule has 0 saturated carbocycles. The van der Waals surface area contributed by atoms with Crippen molar-refractivity contribution in [2.75, 3.05) is 26.8 Å². The lowest BCUT2D eigenvalue weighted by molar-refractivity contribution is -0.385. The minimum absolute atomic E-state index is 0.0242. The molecule has 1 heterocycles. The fourth-order valence-corrected chi connectivity index (χ4v) is 2.61. The average Bonchev–Trinajstić information content (AvgIpc) is 2.46. The smallest absolute Gasteiger partial charge is 0.311 e. The molecule has 116 valence electrons. The standard InChI is InChI=1S/C14H20N2O5/c1-10-6-15(8-12(9-17)21-10)7-11-3-4-14(20-2)13(5-11)16(18)19/h3-5,10,12,17H,6-9H2,1-2H3. The van der Waals surface area contributed by atoms with Crippen LogP contribution in [0.25, 0.3) is 0 Å². The predicted octanol–water partition coefficient (Wildman–Crippen LogP) is 1.18. The third-order valence-electron chi connectivity index (χ3n) is 3.45. The third-order valence-corrected chi connectivity index (χ3v) is 3.45. The molecular weight excluding hydrogens is 276 g/mol. The zero-order chi connectivity index (χ0) is 15.4. The quantitative estimate of drug-likeness (QED) is 0.649. The van der Waals surface area contributed by atoms with Gasteiger partial charge < -0.3 is 14.6 Å². The van der Waals surface area contributed by atoms with E-state index in [0.717, 1.165) is 12.1 Å². The van der Waals surface area contributed by atoms with Crippen LogP contribution in [0.1, 0.15) is 12.5 Å². The van der Waals surface area contributed by atoms with Crippen molar-refractivity contribution >= 4 is 5.69 Å². The molecule has 0 aromatic heterocycles. The van der Waals surface area contributed by atoms with Crippen LogP contribution < -0.4 is 4.74 Å². The number of methoxy groups -OCH3 is 1. The number of aliphatic hydroxyl groups is 1. The molecule has 0 aliphatic carbocycles.